The van der Waals surface area contributed by atoms with E-state index in [9.17, 15) is 4.79 Å². The van der Waals surface area contributed by atoms with E-state index in [1.165, 1.54) is 16.7 Å². The van der Waals surface area contributed by atoms with Gasteiger partial charge in [-0.15, -0.1) is 0 Å². The van der Waals surface area contributed by atoms with Gasteiger partial charge in [-0.3, -0.25) is 4.79 Å². The summed E-state index contributed by atoms with van der Waals surface area (Å²) in [6, 6.07) is 14.7. The first kappa shape index (κ1) is 19.9. The molecule has 5 nitrogen and oxygen atoms in total. The summed E-state index contributed by atoms with van der Waals surface area (Å²) in [5, 5.41) is 3.01. The van der Waals surface area contributed by atoms with Crippen molar-refractivity contribution < 1.29 is 4.79 Å². The van der Waals surface area contributed by atoms with E-state index >= 15 is 0 Å². The number of nitrogens with two attached hydrogens (primary N) is 1. The van der Waals surface area contributed by atoms with Gasteiger partial charge in [-0.1, -0.05) is 50.6 Å². The summed E-state index contributed by atoms with van der Waals surface area (Å²) >= 11 is 0. The van der Waals surface area contributed by atoms with Crippen LogP contribution in [0.4, 0.5) is 5.69 Å². The van der Waals surface area contributed by atoms with Gasteiger partial charge in [-0.25, -0.2) is 4.99 Å². The molecule has 2 aromatic carbocycles. The van der Waals surface area contributed by atoms with Crippen LogP contribution in [0.5, 0.6) is 0 Å². The van der Waals surface area contributed by atoms with Gasteiger partial charge in [-0.2, -0.15) is 0 Å². The molecule has 1 amide bonds. The molecule has 1 aliphatic rings. The van der Waals surface area contributed by atoms with Crippen LogP contribution in [-0.4, -0.2) is 29.9 Å². The highest BCUT2D eigenvalue weighted by atomic mass is 16.1. The van der Waals surface area contributed by atoms with Crippen LogP contribution in [-0.2, 0) is 11.3 Å². The molecule has 1 atom stereocenters. The number of fused-ring (bicyclic) bond motifs is 1. The fourth-order valence-electron chi connectivity index (χ4n) is 3.61. The first-order valence-electron chi connectivity index (χ1n) is 10.0. The number of amides is 1. The molecule has 1 heterocycles. The number of aryl methyl sites for hydroxylation is 1. The van der Waals surface area contributed by atoms with Crippen LogP contribution in [0.2, 0.25) is 0 Å². The summed E-state index contributed by atoms with van der Waals surface area (Å²) < 4.78 is 0. The number of guanidine groups is 1. The van der Waals surface area contributed by atoms with Crippen LogP contribution < -0.4 is 11.1 Å². The zero-order valence-corrected chi connectivity index (χ0v) is 17.0. The molecule has 148 valence electrons. The average molecular weight is 379 g/mol. The van der Waals surface area contributed by atoms with Crippen LogP contribution in [0, 0.1) is 12.8 Å². The van der Waals surface area contributed by atoms with E-state index in [1.807, 2.05) is 17.9 Å². The molecule has 0 saturated heterocycles. The van der Waals surface area contributed by atoms with E-state index < -0.39 is 0 Å². The fraction of sp³-hybridized carbons (Fsp3) is 0.391. The van der Waals surface area contributed by atoms with Gasteiger partial charge in [0.05, 0.1) is 5.69 Å². The molecule has 1 aliphatic heterocycles. The monoisotopic (exact) mass is 378 g/mol. The molecule has 2 aromatic rings. The molecule has 3 rings (SSSR count). The van der Waals surface area contributed by atoms with E-state index in [2.05, 4.69) is 60.6 Å². The topological polar surface area (TPSA) is 70.7 Å². The summed E-state index contributed by atoms with van der Waals surface area (Å²) in [5.74, 6) is 0.665. The first-order valence-corrected chi connectivity index (χ1v) is 10.0. The predicted octanol–water partition coefficient (Wildman–Crippen LogP) is 3.98. The number of carbonyl (C=O) groups excluding carboxylic acids is 1. The Morgan fingerprint density at radius 2 is 2.07 bits per heavy atom. The smallest absolute Gasteiger partial charge is 0.222 e. The van der Waals surface area contributed by atoms with Crippen LogP contribution >= 0.6 is 0 Å². The maximum absolute atomic E-state index is 12.1. The molecule has 0 spiro atoms. The zero-order chi connectivity index (χ0) is 20.1. The van der Waals surface area contributed by atoms with Gasteiger partial charge < -0.3 is 16.0 Å². The second-order valence-corrected chi connectivity index (χ2v) is 7.53. The molecule has 5 heteroatoms. The average Bonchev–Trinajstić information content (AvgIpc) is 2.68. The van der Waals surface area contributed by atoms with Crippen molar-refractivity contribution in [3.05, 3.63) is 53.6 Å². The molecule has 0 aliphatic carbocycles. The Bertz CT molecular complexity index is 875. The molecule has 3 N–H and O–H groups in total. The number of hydrogen-bond donors (Lipinski definition) is 2. The SMILES string of the molecule is CCCC(C)C(=O)NCCN1Cc2cc(-c3ccccc3C)ccc2N=C1N. The maximum Gasteiger partial charge on any atom is 0.222 e. The number of nitrogens with zero attached hydrogens (tertiary/aromatic N) is 2. The Balaban J connectivity index is 1.68. The Morgan fingerprint density at radius 3 is 2.82 bits per heavy atom. The normalized spacial score (nSPS) is 14.2. The minimum absolute atomic E-state index is 0.0507. The number of nitrogens with one attached hydrogen (secondary N) is 1. The third kappa shape index (κ3) is 4.53. The molecular formula is C23H30N4O. The van der Waals surface area contributed by atoms with Crippen molar-refractivity contribution in [2.75, 3.05) is 13.1 Å². The van der Waals surface area contributed by atoms with Gasteiger partial charge in [-0.05, 0) is 47.7 Å². The maximum atomic E-state index is 12.1. The number of hydrogen-bond acceptors (Lipinski definition) is 4. The van der Waals surface area contributed by atoms with Crippen molar-refractivity contribution in [3.8, 4) is 11.1 Å². The van der Waals surface area contributed by atoms with Crippen LogP contribution in [0.25, 0.3) is 11.1 Å². The van der Waals surface area contributed by atoms with Crippen LogP contribution in [0.15, 0.2) is 47.5 Å². The van der Waals surface area contributed by atoms with Crippen molar-refractivity contribution in [2.45, 2.75) is 40.2 Å². The van der Waals surface area contributed by atoms with E-state index in [0.29, 0.717) is 25.6 Å². The quantitative estimate of drug-likeness (QED) is 0.766. The third-order valence-corrected chi connectivity index (χ3v) is 5.31. The Morgan fingerprint density at radius 1 is 1.29 bits per heavy atom. The molecule has 28 heavy (non-hydrogen) atoms. The molecule has 0 radical (unpaired) electrons. The predicted molar refractivity (Wildman–Crippen MR) is 115 cm³/mol. The Hall–Kier alpha value is -2.82. The van der Waals surface area contributed by atoms with E-state index in [4.69, 9.17) is 5.73 Å². The van der Waals surface area contributed by atoms with Crippen molar-refractivity contribution >= 4 is 17.6 Å². The van der Waals surface area contributed by atoms with E-state index in [0.717, 1.165) is 24.1 Å². The molecule has 0 fully saturated rings. The number of rotatable bonds is 7. The largest absolute Gasteiger partial charge is 0.369 e. The summed E-state index contributed by atoms with van der Waals surface area (Å²) in [6.07, 6.45) is 1.93. The van der Waals surface area contributed by atoms with Gasteiger partial charge in [0, 0.05) is 25.6 Å². The minimum Gasteiger partial charge on any atom is -0.369 e. The van der Waals surface area contributed by atoms with Crippen LogP contribution in [0.1, 0.15) is 37.8 Å². The Kier molecular flexibility index (Phi) is 6.34. The van der Waals surface area contributed by atoms with E-state index in [-0.39, 0.29) is 11.8 Å². The second-order valence-electron chi connectivity index (χ2n) is 7.53. The molecule has 1 unspecified atom stereocenters. The summed E-state index contributed by atoms with van der Waals surface area (Å²) in [5.41, 5.74) is 11.9. The lowest BCUT2D eigenvalue weighted by molar-refractivity contribution is -0.124. The lowest BCUT2D eigenvalue weighted by Gasteiger charge is -2.28. The fourth-order valence-corrected chi connectivity index (χ4v) is 3.61. The van der Waals surface area contributed by atoms with Crippen molar-refractivity contribution in [1.82, 2.24) is 10.2 Å². The van der Waals surface area contributed by atoms with Gasteiger partial charge in [0.25, 0.3) is 0 Å². The lowest BCUT2D eigenvalue weighted by atomic mass is 9.97. The minimum atomic E-state index is 0.0507. The first-order chi connectivity index (χ1) is 13.5. The van der Waals surface area contributed by atoms with Crippen LogP contribution in [0.3, 0.4) is 0 Å². The molecule has 0 saturated carbocycles. The summed E-state index contributed by atoms with van der Waals surface area (Å²) in [4.78, 5) is 18.7. The van der Waals surface area contributed by atoms with Crippen molar-refractivity contribution in [2.24, 2.45) is 16.6 Å². The molecule has 0 aromatic heterocycles. The summed E-state index contributed by atoms with van der Waals surface area (Å²) in [6.45, 7) is 8.10. The molecule has 0 bridgehead atoms. The van der Waals surface area contributed by atoms with Gasteiger partial charge in [0.1, 0.15) is 0 Å². The van der Waals surface area contributed by atoms with Crippen molar-refractivity contribution in [1.29, 1.82) is 0 Å². The van der Waals surface area contributed by atoms with Gasteiger partial charge >= 0.3 is 0 Å². The molecular weight excluding hydrogens is 348 g/mol. The lowest BCUT2D eigenvalue weighted by Crippen LogP contribution is -2.43. The zero-order valence-electron chi connectivity index (χ0n) is 17.0. The number of carbonyl (C=O) groups is 1. The van der Waals surface area contributed by atoms with Gasteiger partial charge in [0.2, 0.25) is 5.91 Å². The Labute approximate surface area is 167 Å². The summed E-state index contributed by atoms with van der Waals surface area (Å²) in [7, 11) is 0. The highest BCUT2D eigenvalue weighted by molar-refractivity contribution is 5.84. The highest BCUT2D eigenvalue weighted by Gasteiger charge is 2.19. The van der Waals surface area contributed by atoms with Crippen molar-refractivity contribution in [3.63, 3.8) is 0 Å². The standard InChI is InChI=1S/C23H30N4O/c1-4-7-17(3)22(28)25-12-13-27-15-19-14-18(10-11-21(19)26-23(27)24)20-9-6-5-8-16(20)2/h5-6,8-11,14,17H,4,7,12-13,15H2,1-3H3,(H2,24,26)(H,25,28). The highest BCUT2D eigenvalue weighted by Crippen LogP contribution is 2.31. The second kappa shape index (κ2) is 8.91. The third-order valence-electron chi connectivity index (χ3n) is 5.31. The number of benzene rings is 2. The number of aliphatic imine (C=N–C) groups is 1. The van der Waals surface area contributed by atoms with Gasteiger partial charge in [0.15, 0.2) is 5.96 Å². The van der Waals surface area contributed by atoms with E-state index in [1.54, 1.807) is 0 Å².